The molecule has 0 bridgehead atoms. The van der Waals surface area contributed by atoms with Crippen LogP contribution in [0.2, 0.25) is 10.0 Å². The van der Waals surface area contributed by atoms with Gasteiger partial charge in [0.1, 0.15) is 6.54 Å². The molecule has 1 aliphatic rings. The molecule has 0 saturated carbocycles. The molecule has 0 fully saturated rings. The van der Waals surface area contributed by atoms with Crippen LogP contribution in [0, 0.1) is 0 Å². The van der Waals surface area contributed by atoms with Crippen LogP contribution in [0.15, 0.2) is 24.8 Å². The van der Waals surface area contributed by atoms with Crippen LogP contribution in [-0.4, -0.2) is 41.2 Å². The maximum atomic E-state index is 12.6. The Labute approximate surface area is 146 Å². The zero-order valence-corrected chi connectivity index (χ0v) is 14.8. The van der Waals surface area contributed by atoms with Crippen molar-refractivity contribution in [2.45, 2.75) is 26.3 Å². The average molecular weight is 355 g/mol. The number of fused-ring (bicyclic) bond motifs is 1. The van der Waals surface area contributed by atoms with E-state index >= 15 is 0 Å². The zero-order chi connectivity index (χ0) is 17.1. The lowest BCUT2D eigenvalue weighted by atomic mass is 9.93. The highest BCUT2D eigenvalue weighted by Crippen LogP contribution is 2.36. The first-order chi connectivity index (χ1) is 10.9. The van der Waals surface area contributed by atoms with Gasteiger partial charge < -0.3 is 9.80 Å². The van der Waals surface area contributed by atoms with Gasteiger partial charge in [0.25, 0.3) is 0 Å². The largest absolute Gasteiger partial charge is 0.334 e. The molecule has 0 N–H and O–H groups in total. The molecule has 0 aliphatic carbocycles. The molecule has 1 atom stereocenters. The summed E-state index contributed by atoms with van der Waals surface area (Å²) in [5.74, 6) is -0.326. The van der Waals surface area contributed by atoms with Crippen molar-refractivity contribution in [2.24, 2.45) is 0 Å². The number of carbonyl (C=O) groups excluding carboxylic acids is 2. The van der Waals surface area contributed by atoms with Gasteiger partial charge in [-0.1, -0.05) is 29.8 Å². The first-order valence-corrected chi connectivity index (χ1v) is 8.33. The van der Waals surface area contributed by atoms with Gasteiger partial charge in [0.15, 0.2) is 0 Å². The van der Waals surface area contributed by atoms with E-state index in [4.69, 9.17) is 23.2 Å². The highest BCUT2D eigenvalue weighted by Gasteiger charge is 2.30. The predicted molar refractivity (Wildman–Crippen MR) is 92.7 cm³/mol. The number of rotatable bonds is 4. The van der Waals surface area contributed by atoms with E-state index in [1.54, 1.807) is 11.0 Å². The third-order valence-electron chi connectivity index (χ3n) is 4.23. The molecule has 1 aliphatic heterocycles. The molecule has 1 unspecified atom stereocenters. The number of hydrogen-bond donors (Lipinski definition) is 0. The van der Waals surface area contributed by atoms with Crippen molar-refractivity contribution in [1.82, 2.24) is 9.80 Å². The van der Waals surface area contributed by atoms with Gasteiger partial charge in [-0.15, -0.1) is 0 Å². The number of carbonyl (C=O) groups is 2. The summed E-state index contributed by atoms with van der Waals surface area (Å²) in [5.41, 5.74) is 2.02. The summed E-state index contributed by atoms with van der Waals surface area (Å²) in [6.45, 7) is 8.35. The molecule has 1 aromatic rings. The highest BCUT2D eigenvalue weighted by molar-refractivity contribution is 6.35. The molecule has 1 aromatic carbocycles. The summed E-state index contributed by atoms with van der Waals surface area (Å²) in [6, 6.07) is 3.47. The minimum absolute atomic E-state index is 0.0509. The van der Waals surface area contributed by atoms with Crippen LogP contribution in [0.25, 0.3) is 0 Å². The second kappa shape index (κ2) is 7.37. The molecule has 2 rings (SSSR count). The molecule has 4 nitrogen and oxygen atoms in total. The number of halogens is 2. The Hall–Kier alpha value is -1.52. The molecule has 0 saturated heterocycles. The van der Waals surface area contributed by atoms with E-state index in [-0.39, 0.29) is 24.4 Å². The van der Waals surface area contributed by atoms with Gasteiger partial charge in [-0.25, -0.2) is 0 Å². The van der Waals surface area contributed by atoms with Crippen LogP contribution in [0.1, 0.15) is 31.0 Å². The number of amides is 2. The van der Waals surface area contributed by atoms with Crippen LogP contribution in [0.5, 0.6) is 0 Å². The third kappa shape index (κ3) is 3.70. The van der Waals surface area contributed by atoms with E-state index in [2.05, 4.69) is 6.58 Å². The van der Waals surface area contributed by atoms with Gasteiger partial charge >= 0.3 is 0 Å². The summed E-state index contributed by atoms with van der Waals surface area (Å²) < 4.78 is 0. The fraction of sp³-hybridized carbons (Fsp3) is 0.412. The lowest BCUT2D eigenvalue weighted by Gasteiger charge is -2.37. The fourth-order valence-electron chi connectivity index (χ4n) is 2.92. The minimum atomic E-state index is -0.239. The highest BCUT2D eigenvalue weighted by atomic mass is 35.5. The van der Waals surface area contributed by atoms with E-state index in [0.29, 0.717) is 29.6 Å². The van der Waals surface area contributed by atoms with Crippen molar-refractivity contribution in [2.75, 3.05) is 19.6 Å². The van der Waals surface area contributed by atoms with Crippen molar-refractivity contribution < 1.29 is 9.59 Å². The Kier molecular flexibility index (Phi) is 5.71. The van der Waals surface area contributed by atoms with Gasteiger partial charge in [-0.3, -0.25) is 9.59 Å². The molecule has 6 heteroatoms. The fourth-order valence-corrected chi connectivity index (χ4v) is 3.53. The van der Waals surface area contributed by atoms with Crippen LogP contribution in [0.4, 0.5) is 0 Å². The predicted octanol–water partition coefficient (Wildman–Crippen LogP) is 3.47. The Morgan fingerprint density at radius 2 is 2.13 bits per heavy atom. The zero-order valence-electron chi connectivity index (χ0n) is 13.3. The van der Waals surface area contributed by atoms with Crippen molar-refractivity contribution in [1.29, 1.82) is 0 Å². The Morgan fingerprint density at radius 3 is 2.74 bits per heavy atom. The molecule has 0 spiro atoms. The van der Waals surface area contributed by atoms with E-state index < -0.39 is 0 Å². The third-order valence-corrected chi connectivity index (χ3v) is 4.78. The van der Waals surface area contributed by atoms with Gasteiger partial charge in [0.2, 0.25) is 11.8 Å². The molecule has 23 heavy (non-hydrogen) atoms. The van der Waals surface area contributed by atoms with Crippen LogP contribution >= 0.6 is 23.2 Å². The number of likely N-dealkylation sites (N-methyl/N-ethyl adjacent to an activating group) is 1. The molecule has 124 valence electrons. The smallest absolute Gasteiger partial charge is 0.246 e. The van der Waals surface area contributed by atoms with Crippen LogP contribution in [0.3, 0.4) is 0 Å². The van der Waals surface area contributed by atoms with Crippen LogP contribution < -0.4 is 0 Å². The van der Waals surface area contributed by atoms with E-state index in [0.717, 1.165) is 11.1 Å². The average Bonchev–Trinajstić information content (AvgIpc) is 2.52. The maximum Gasteiger partial charge on any atom is 0.246 e. The first kappa shape index (κ1) is 17.8. The lowest BCUT2D eigenvalue weighted by Crippen LogP contribution is -2.45. The van der Waals surface area contributed by atoms with Crippen molar-refractivity contribution >= 4 is 35.0 Å². The standard InChI is InChI=1S/C17H20Cl2N2O2/c1-4-16(22)20(5-2)10-17(23)21-7-6-13-14(11(21)3)8-12(18)9-15(13)19/h4,8-9,11H,1,5-7,10H2,2-3H3. The molecule has 2 amide bonds. The van der Waals surface area contributed by atoms with Crippen molar-refractivity contribution in [3.63, 3.8) is 0 Å². The van der Waals surface area contributed by atoms with E-state index in [1.807, 2.05) is 19.9 Å². The molecule has 1 heterocycles. The van der Waals surface area contributed by atoms with Gasteiger partial charge in [0.05, 0.1) is 6.04 Å². The van der Waals surface area contributed by atoms with Crippen LogP contribution in [-0.2, 0) is 16.0 Å². The number of hydrogen-bond acceptors (Lipinski definition) is 2. The lowest BCUT2D eigenvalue weighted by molar-refractivity contribution is -0.139. The molecular weight excluding hydrogens is 335 g/mol. The summed E-state index contributed by atoms with van der Waals surface area (Å²) in [6.07, 6.45) is 1.91. The second-order valence-electron chi connectivity index (χ2n) is 5.53. The second-order valence-corrected chi connectivity index (χ2v) is 6.37. The van der Waals surface area contributed by atoms with Crippen molar-refractivity contribution in [3.8, 4) is 0 Å². The molecule has 0 radical (unpaired) electrons. The van der Waals surface area contributed by atoms with E-state index in [9.17, 15) is 9.59 Å². The van der Waals surface area contributed by atoms with Crippen molar-refractivity contribution in [3.05, 3.63) is 46.0 Å². The normalized spacial score (nSPS) is 16.7. The Balaban J connectivity index is 2.20. The van der Waals surface area contributed by atoms with Gasteiger partial charge in [-0.2, -0.15) is 0 Å². The minimum Gasteiger partial charge on any atom is -0.334 e. The number of nitrogens with zero attached hydrogens (tertiary/aromatic N) is 2. The quantitative estimate of drug-likeness (QED) is 0.776. The summed E-state index contributed by atoms with van der Waals surface area (Å²) in [5, 5.41) is 1.20. The Morgan fingerprint density at radius 1 is 1.43 bits per heavy atom. The molecule has 0 aromatic heterocycles. The molecular formula is C17H20Cl2N2O2. The summed E-state index contributed by atoms with van der Waals surface area (Å²) >= 11 is 12.3. The van der Waals surface area contributed by atoms with Gasteiger partial charge in [0, 0.05) is 23.1 Å². The maximum absolute atomic E-state index is 12.6. The first-order valence-electron chi connectivity index (χ1n) is 7.57. The van der Waals surface area contributed by atoms with Gasteiger partial charge in [-0.05, 0) is 49.6 Å². The monoisotopic (exact) mass is 354 g/mol. The summed E-state index contributed by atoms with van der Waals surface area (Å²) in [7, 11) is 0. The van der Waals surface area contributed by atoms with E-state index in [1.165, 1.54) is 11.0 Å². The SMILES string of the molecule is C=CC(=O)N(CC)CC(=O)N1CCc2c(Cl)cc(Cl)cc2C1C. The summed E-state index contributed by atoms with van der Waals surface area (Å²) in [4.78, 5) is 27.6. The number of benzene rings is 1. The topological polar surface area (TPSA) is 40.6 Å². The Bertz CT molecular complexity index is 646.